The molecule has 0 aromatic heterocycles. The monoisotopic (exact) mass is 315 g/mol. The molecule has 1 aromatic carbocycles. The second-order valence-corrected chi connectivity index (χ2v) is 6.50. The van der Waals surface area contributed by atoms with Gasteiger partial charge in [0, 0.05) is 24.2 Å². The minimum absolute atomic E-state index is 0.0832. The lowest BCUT2D eigenvalue weighted by atomic mass is 9.73. The van der Waals surface area contributed by atoms with Gasteiger partial charge in [0.2, 0.25) is 0 Å². The van der Waals surface area contributed by atoms with Crippen molar-refractivity contribution in [1.29, 1.82) is 0 Å². The second kappa shape index (κ2) is 6.77. The van der Waals surface area contributed by atoms with Crippen molar-refractivity contribution in [3.63, 3.8) is 0 Å². The fraction of sp³-hybridized carbons (Fsp3) is 0.389. The molecule has 1 aliphatic rings. The van der Waals surface area contributed by atoms with Gasteiger partial charge in [-0.25, -0.2) is 0 Å². The lowest BCUT2D eigenvalue weighted by Crippen LogP contribution is -2.32. The maximum absolute atomic E-state index is 12.5. The highest BCUT2D eigenvalue weighted by Gasteiger charge is 2.36. The second-order valence-electron chi connectivity index (χ2n) is 6.50. The van der Waals surface area contributed by atoms with Crippen molar-refractivity contribution in [1.82, 2.24) is 0 Å². The molecule has 5 heteroatoms. The number of rotatable bonds is 4. The van der Waals surface area contributed by atoms with Gasteiger partial charge in [-0.15, -0.1) is 0 Å². The number of nitrogens with zero attached hydrogens (tertiary/aromatic N) is 1. The van der Waals surface area contributed by atoms with E-state index in [9.17, 15) is 14.7 Å². The fourth-order valence-corrected chi connectivity index (χ4v) is 2.72. The van der Waals surface area contributed by atoms with Gasteiger partial charge >= 0.3 is 5.97 Å². The fourth-order valence-electron chi connectivity index (χ4n) is 2.72. The SMILES string of the molecule is CC1(C)CC(=O)C(=C(O)c2ccccc2)C(=NCCC(=O)O)C1. The third-order valence-electron chi connectivity index (χ3n) is 3.76. The van der Waals surface area contributed by atoms with Crippen LogP contribution in [0.15, 0.2) is 40.9 Å². The van der Waals surface area contributed by atoms with E-state index in [1.807, 2.05) is 19.9 Å². The minimum Gasteiger partial charge on any atom is -0.506 e. The van der Waals surface area contributed by atoms with Crippen LogP contribution >= 0.6 is 0 Å². The van der Waals surface area contributed by atoms with Crippen LogP contribution in [0.3, 0.4) is 0 Å². The minimum atomic E-state index is -0.937. The van der Waals surface area contributed by atoms with E-state index in [-0.39, 0.29) is 35.5 Å². The predicted octanol–water partition coefficient (Wildman–Crippen LogP) is 3.26. The summed E-state index contributed by atoms with van der Waals surface area (Å²) in [5, 5.41) is 19.3. The van der Waals surface area contributed by atoms with Gasteiger partial charge < -0.3 is 10.2 Å². The molecule has 5 nitrogen and oxygen atoms in total. The first-order valence-electron chi connectivity index (χ1n) is 7.57. The molecular formula is C18H21NO4. The molecule has 1 aliphatic carbocycles. The van der Waals surface area contributed by atoms with E-state index in [2.05, 4.69) is 4.99 Å². The number of aliphatic hydroxyl groups excluding tert-OH is 1. The Bertz CT molecular complexity index is 672. The average molecular weight is 315 g/mol. The van der Waals surface area contributed by atoms with Crippen molar-refractivity contribution in [3.05, 3.63) is 41.5 Å². The molecule has 1 saturated carbocycles. The summed E-state index contributed by atoms with van der Waals surface area (Å²) in [6.45, 7) is 4.03. The maximum atomic E-state index is 12.5. The molecule has 1 aromatic rings. The van der Waals surface area contributed by atoms with Gasteiger partial charge in [-0.05, 0) is 11.8 Å². The Labute approximate surface area is 135 Å². The van der Waals surface area contributed by atoms with Crippen molar-refractivity contribution in [2.75, 3.05) is 6.54 Å². The zero-order chi connectivity index (χ0) is 17.0. The number of carboxylic acids is 1. The van der Waals surface area contributed by atoms with Gasteiger partial charge in [0.25, 0.3) is 0 Å². The lowest BCUT2D eigenvalue weighted by Gasteiger charge is -2.31. The quantitative estimate of drug-likeness (QED) is 0.659. The molecule has 0 bridgehead atoms. The topological polar surface area (TPSA) is 87.0 Å². The van der Waals surface area contributed by atoms with Crippen LogP contribution in [0, 0.1) is 5.41 Å². The number of Topliss-reactive ketones (excluding diaryl/α,β-unsaturated/α-hetero) is 1. The average Bonchev–Trinajstić information content (AvgIpc) is 2.46. The van der Waals surface area contributed by atoms with Crippen LogP contribution in [0.25, 0.3) is 5.76 Å². The van der Waals surface area contributed by atoms with E-state index in [0.29, 0.717) is 24.1 Å². The number of ketones is 1. The standard InChI is InChI=1S/C18H21NO4/c1-18(2)10-13(19-9-8-15(21)22)16(14(20)11-18)17(23)12-6-4-3-5-7-12/h3-7,23H,8-11H2,1-2H3,(H,21,22). The number of carbonyl (C=O) groups is 2. The number of benzene rings is 1. The van der Waals surface area contributed by atoms with Crippen LogP contribution in [0.5, 0.6) is 0 Å². The van der Waals surface area contributed by atoms with E-state index in [1.165, 1.54) is 0 Å². The predicted molar refractivity (Wildman–Crippen MR) is 88.6 cm³/mol. The molecule has 122 valence electrons. The molecule has 0 aliphatic heterocycles. The summed E-state index contributed by atoms with van der Waals surface area (Å²) >= 11 is 0. The van der Waals surface area contributed by atoms with E-state index >= 15 is 0 Å². The number of allylic oxidation sites excluding steroid dienone is 1. The highest BCUT2D eigenvalue weighted by atomic mass is 16.4. The summed E-state index contributed by atoms with van der Waals surface area (Å²) in [5.74, 6) is -1.18. The lowest BCUT2D eigenvalue weighted by molar-refractivity contribution is -0.136. The number of hydrogen-bond donors (Lipinski definition) is 2. The largest absolute Gasteiger partial charge is 0.506 e. The van der Waals surface area contributed by atoms with E-state index in [1.54, 1.807) is 24.3 Å². The number of aliphatic hydroxyl groups is 1. The number of aliphatic imine (C=N–C) groups is 1. The Kier molecular flexibility index (Phi) is 4.98. The Balaban J connectivity index is 2.44. The van der Waals surface area contributed by atoms with Gasteiger partial charge in [-0.1, -0.05) is 44.2 Å². The molecule has 0 saturated heterocycles. The van der Waals surface area contributed by atoms with E-state index in [0.717, 1.165) is 0 Å². The third-order valence-corrected chi connectivity index (χ3v) is 3.76. The van der Waals surface area contributed by atoms with Crippen LogP contribution in [-0.4, -0.2) is 34.2 Å². The zero-order valence-corrected chi connectivity index (χ0v) is 13.4. The summed E-state index contributed by atoms with van der Waals surface area (Å²) in [6, 6.07) is 8.85. The van der Waals surface area contributed by atoms with Gasteiger partial charge in [0.15, 0.2) is 5.78 Å². The van der Waals surface area contributed by atoms with Crippen LogP contribution in [-0.2, 0) is 9.59 Å². The van der Waals surface area contributed by atoms with Crippen LogP contribution in [0.2, 0.25) is 0 Å². The van der Waals surface area contributed by atoms with Gasteiger partial charge in [0.1, 0.15) is 5.76 Å². The van der Waals surface area contributed by atoms with Crippen molar-refractivity contribution in [2.24, 2.45) is 10.4 Å². The summed E-state index contributed by atoms with van der Waals surface area (Å²) in [4.78, 5) is 27.5. The van der Waals surface area contributed by atoms with Crippen molar-refractivity contribution in [3.8, 4) is 0 Å². The molecule has 0 atom stereocenters. The first kappa shape index (κ1) is 16.9. The molecule has 1 fully saturated rings. The van der Waals surface area contributed by atoms with Gasteiger partial charge in [0.05, 0.1) is 12.0 Å². The summed E-state index contributed by atoms with van der Waals surface area (Å²) < 4.78 is 0. The van der Waals surface area contributed by atoms with Gasteiger partial charge in [-0.2, -0.15) is 0 Å². The number of aliphatic carboxylic acids is 1. The molecule has 2 rings (SSSR count). The molecule has 0 spiro atoms. The number of carboxylic acid groups (broad SMARTS) is 1. The first-order valence-corrected chi connectivity index (χ1v) is 7.57. The Morgan fingerprint density at radius 2 is 1.83 bits per heavy atom. The Morgan fingerprint density at radius 1 is 1.17 bits per heavy atom. The number of carbonyl (C=O) groups excluding carboxylic acids is 1. The van der Waals surface area contributed by atoms with Crippen molar-refractivity contribution < 1.29 is 19.8 Å². The third kappa shape index (κ3) is 4.28. The highest BCUT2D eigenvalue weighted by molar-refractivity contribution is 6.28. The van der Waals surface area contributed by atoms with E-state index < -0.39 is 5.97 Å². The smallest absolute Gasteiger partial charge is 0.305 e. The molecule has 2 N–H and O–H groups in total. The zero-order valence-electron chi connectivity index (χ0n) is 13.4. The van der Waals surface area contributed by atoms with Crippen LogP contribution < -0.4 is 0 Å². The molecule has 0 unspecified atom stereocenters. The van der Waals surface area contributed by atoms with Crippen molar-refractivity contribution in [2.45, 2.75) is 33.1 Å². The number of hydrogen-bond acceptors (Lipinski definition) is 4. The highest BCUT2D eigenvalue weighted by Crippen LogP contribution is 2.36. The van der Waals surface area contributed by atoms with Crippen LogP contribution in [0.4, 0.5) is 0 Å². The van der Waals surface area contributed by atoms with Crippen molar-refractivity contribution >= 4 is 23.2 Å². The summed E-state index contributed by atoms with van der Waals surface area (Å²) in [7, 11) is 0. The van der Waals surface area contributed by atoms with Crippen LogP contribution in [0.1, 0.15) is 38.7 Å². The normalized spacial score (nSPS) is 21.3. The molecular weight excluding hydrogens is 294 g/mol. The molecule has 0 heterocycles. The van der Waals surface area contributed by atoms with E-state index in [4.69, 9.17) is 5.11 Å². The molecule has 23 heavy (non-hydrogen) atoms. The van der Waals surface area contributed by atoms with Gasteiger partial charge in [-0.3, -0.25) is 14.6 Å². The Morgan fingerprint density at radius 3 is 2.43 bits per heavy atom. The summed E-state index contributed by atoms with van der Waals surface area (Å²) in [6.07, 6.45) is 0.763. The Hall–Kier alpha value is -2.43. The molecule has 0 radical (unpaired) electrons. The maximum Gasteiger partial charge on any atom is 0.305 e. The first-order chi connectivity index (χ1) is 10.8. The summed E-state index contributed by atoms with van der Waals surface area (Å²) in [5.41, 5.74) is 1.02. The molecule has 0 amide bonds.